The zero-order chi connectivity index (χ0) is 15.0. The molecule has 1 aliphatic rings. The second-order valence-corrected chi connectivity index (χ2v) is 7.44. The van der Waals surface area contributed by atoms with Gasteiger partial charge in [0.05, 0.1) is 12.7 Å². The van der Waals surface area contributed by atoms with Crippen LogP contribution in [0.4, 0.5) is 0 Å². The molecule has 1 saturated heterocycles. The Labute approximate surface area is 126 Å². The van der Waals surface area contributed by atoms with Gasteiger partial charge in [0.15, 0.2) is 6.29 Å². The van der Waals surface area contributed by atoms with Gasteiger partial charge in [-0.3, -0.25) is 0 Å². The minimum atomic E-state index is 0.0334. The van der Waals surface area contributed by atoms with Crippen LogP contribution in [0.3, 0.4) is 0 Å². The van der Waals surface area contributed by atoms with Crippen molar-refractivity contribution in [1.29, 1.82) is 0 Å². The number of hydrogen-bond donors (Lipinski definition) is 0. The number of hydrogen-bond acceptors (Lipinski definition) is 2. The third-order valence-corrected chi connectivity index (χ3v) is 4.36. The van der Waals surface area contributed by atoms with Crippen molar-refractivity contribution >= 4 is 0 Å². The molecule has 0 aromatic rings. The van der Waals surface area contributed by atoms with Gasteiger partial charge in [-0.15, -0.1) is 0 Å². The Hall–Kier alpha value is -0.0800. The van der Waals surface area contributed by atoms with Crippen molar-refractivity contribution in [3.05, 3.63) is 0 Å². The van der Waals surface area contributed by atoms with Gasteiger partial charge in [0.2, 0.25) is 0 Å². The minimum absolute atomic E-state index is 0.0334. The monoisotopic (exact) mass is 284 g/mol. The fraction of sp³-hybridized carbons (Fsp3) is 1.00. The second kappa shape index (κ2) is 9.04. The summed E-state index contributed by atoms with van der Waals surface area (Å²) in [6.07, 6.45) is 10.9. The SMILES string of the molecule is CCCCCCCCC[C@H]1OCC(C)(C)[C@@H](C(C)C)O1. The van der Waals surface area contributed by atoms with E-state index in [-0.39, 0.29) is 11.7 Å². The van der Waals surface area contributed by atoms with Gasteiger partial charge in [0.25, 0.3) is 0 Å². The molecular weight excluding hydrogens is 248 g/mol. The van der Waals surface area contributed by atoms with Crippen LogP contribution in [0.25, 0.3) is 0 Å². The Morgan fingerprint density at radius 3 is 2.20 bits per heavy atom. The zero-order valence-electron chi connectivity index (χ0n) is 14.4. The summed E-state index contributed by atoms with van der Waals surface area (Å²) in [6, 6.07) is 0. The summed E-state index contributed by atoms with van der Waals surface area (Å²) in [4.78, 5) is 0. The van der Waals surface area contributed by atoms with E-state index in [1.54, 1.807) is 0 Å². The predicted molar refractivity (Wildman–Crippen MR) is 85.8 cm³/mol. The summed E-state index contributed by atoms with van der Waals surface area (Å²) in [6.45, 7) is 12.1. The van der Waals surface area contributed by atoms with Crippen molar-refractivity contribution in [1.82, 2.24) is 0 Å². The molecule has 2 nitrogen and oxygen atoms in total. The van der Waals surface area contributed by atoms with Crippen molar-refractivity contribution < 1.29 is 9.47 Å². The molecule has 120 valence electrons. The fourth-order valence-corrected chi connectivity index (χ4v) is 3.26. The molecule has 1 aliphatic heterocycles. The molecule has 0 bridgehead atoms. The van der Waals surface area contributed by atoms with E-state index < -0.39 is 0 Å². The van der Waals surface area contributed by atoms with Crippen LogP contribution < -0.4 is 0 Å². The maximum absolute atomic E-state index is 6.19. The molecule has 0 spiro atoms. The molecule has 0 aromatic heterocycles. The minimum Gasteiger partial charge on any atom is -0.352 e. The van der Waals surface area contributed by atoms with Crippen LogP contribution in [-0.2, 0) is 9.47 Å². The Balaban J connectivity index is 2.16. The van der Waals surface area contributed by atoms with E-state index in [0.717, 1.165) is 13.0 Å². The summed E-state index contributed by atoms with van der Waals surface area (Å²) in [5, 5.41) is 0. The first-order chi connectivity index (χ1) is 9.47. The van der Waals surface area contributed by atoms with Gasteiger partial charge in [-0.25, -0.2) is 0 Å². The molecule has 0 saturated carbocycles. The molecule has 20 heavy (non-hydrogen) atoms. The van der Waals surface area contributed by atoms with Crippen LogP contribution in [0.5, 0.6) is 0 Å². The molecule has 0 amide bonds. The fourth-order valence-electron chi connectivity index (χ4n) is 3.26. The van der Waals surface area contributed by atoms with Crippen LogP contribution in [0.15, 0.2) is 0 Å². The first-order valence-corrected chi connectivity index (χ1v) is 8.74. The van der Waals surface area contributed by atoms with E-state index in [9.17, 15) is 0 Å². The lowest BCUT2D eigenvalue weighted by Crippen LogP contribution is -2.48. The maximum Gasteiger partial charge on any atom is 0.158 e. The Morgan fingerprint density at radius 2 is 1.60 bits per heavy atom. The van der Waals surface area contributed by atoms with Crippen molar-refractivity contribution in [3.63, 3.8) is 0 Å². The summed E-state index contributed by atoms with van der Waals surface area (Å²) >= 11 is 0. The van der Waals surface area contributed by atoms with Crippen molar-refractivity contribution in [2.45, 2.75) is 98.4 Å². The van der Waals surface area contributed by atoms with Gasteiger partial charge < -0.3 is 9.47 Å². The van der Waals surface area contributed by atoms with E-state index in [1.807, 2.05) is 0 Å². The van der Waals surface area contributed by atoms with E-state index in [1.165, 1.54) is 44.9 Å². The van der Waals surface area contributed by atoms with E-state index >= 15 is 0 Å². The first kappa shape index (κ1) is 18.0. The largest absolute Gasteiger partial charge is 0.352 e. The quantitative estimate of drug-likeness (QED) is 0.517. The number of unbranched alkanes of at least 4 members (excludes halogenated alkanes) is 6. The van der Waals surface area contributed by atoms with Gasteiger partial charge in [-0.05, 0) is 18.8 Å². The molecule has 1 rings (SSSR count). The molecule has 0 unspecified atom stereocenters. The van der Waals surface area contributed by atoms with Crippen LogP contribution in [0, 0.1) is 11.3 Å². The van der Waals surface area contributed by atoms with Gasteiger partial charge >= 0.3 is 0 Å². The third kappa shape index (κ3) is 6.13. The molecular formula is C18H36O2. The normalized spacial score (nSPS) is 26.1. The number of ether oxygens (including phenoxy) is 2. The lowest BCUT2D eigenvalue weighted by Gasteiger charge is -2.44. The number of rotatable bonds is 9. The van der Waals surface area contributed by atoms with E-state index in [0.29, 0.717) is 12.0 Å². The summed E-state index contributed by atoms with van der Waals surface area (Å²) < 4.78 is 12.1. The zero-order valence-corrected chi connectivity index (χ0v) is 14.4. The smallest absolute Gasteiger partial charge is 0.158 e. The maximum atomic E-state index is 6.19. The second-order valence-electron chi connectivity index (χ2n) is 7.44. The van der Waals surface area contributed by atoms with Gasteiger partial charge in [0.1, 0.15) is 0 Å². The topological polar surface area (TPSA) is 18.5 Å². The standard InChI is InChI=1S/C18H36O2/c1-6-7-8-9-10-11-12-13-16-19-14-18(4,5)17(20-16)15(2)3/h15-17H,6-14H2,1-5H3/t16-,17+/m0/s1. The van der Waals surface area contributed by atoms with Crippen molar-refractivity contribution in [2.24, 2.45) is 11.3 Å². The highest BCUT2D eigenvalue weighted by molar-refractivity contribution is 4.84. The highest BCUT2D eigenvalue weighted by Gasteiger charge is 2.39. The van der Waals surface area contributed by atoms with E-state index in [2.05, 4.69) is 34.6 Å². The molecule has 0 radical (unpaired) electrons. The van der Waals surface area contributed by atoms with Crippen LogP contribution >= 0.6 is 0 Å². The van der Waals surface area contributed by atoms with Gasteiger partial charge in [-0.2, -0.15) is 0 Å². The van der Waals surface area contributed by atoms with Crippen LogP contribution in [0.2, 0.25) is 0 Å². The Kier molecular flexibility index (Phi) is 8.13. The lowest BCUT2D eigenvalue weighted by atomic mass is 9.80. The first-order valence-electron chi connectivity index (χ1n) is 8.74. The third-order valence-electron chi connectivity index (χ3n) is 4.36. The molecule has 1 heterocycles. The van der Waals surface area contributed by atoms with Gasteiger partial charge in [-0.1, -0.05) is 73.1 Å². The molecule has 0 aliphatic carbocycles. The predicted octanol–water partition coefficient (Wildman–Crippen LogP) is 5.55. The molecule has 2 atom stereocenters. The van der Waals surface area contributed by atoms with Crippen LogP contribution in [-0.4, -0.2) is 19.0 Å². The molecule has 0 N–H and O–H groups in total. The Bertz CT molecular complexity index is 248. The van der Waals surface area contributed by atoms with Crippen LogP contribution in [0.1, 0.15) is 86.0 Å². The van der Waals surface area contributed by atoms with Gasteiger partial charge in [0, 0.05) is 5.41 Å². The van der Waals surface area contributed by atoms with Crippen molar-refractivity contribution in [2.75, 3.05) is 6.61 Å². The molecule has 2 heteroatoms. The summed E-state index contributed by atoms with van der Waals surface area (Å²) in [5.74, 6) is 0.561. The van der Waals surface area contributed by atoms with E-state index in [4.69, 9.17) is 9.47 Å². The molecule has 1 fully saturated rings. The lowest BCUT2D eigenvalue weighted by molar-refractivity contribution is -0.271. The summed E-state index contributed by atoms with van der Waals surface area (Å²) in [5.41, 5.74) is 0.144. The average molecular weight is 284 g/mol. The highest BCUT2D eigenvalue weighted by atomic mass is 16.7. The summed E-state index contributed by atoms with van der Waals surface area (Å²) in [7, 11) is 0. The Morgan fingerprint density at radius 1 is 1.00 bits per heavy atom. The average Bonchev–Trinajstić information content (AvgIpc) is 2.38. The molecule has 0 aromatic carbocycles. The highest BCUT2D eigenvalue weighted by Crippen LogP contribution is 2.35. The van der Waals surface area contributed by atoms with Crippen molar-refractivity contribution in [3.8, 4) is 0 Å².